The van der Waals surface area contributed by atoms with Crippen molar-refractivity contribution in [1.29, 1.82) is 0 Å². The van der Waals surface area contributed by atoms with Crippen LogP contribution in [0.4, 0.5) is 0 Å². The second-order valence-corrected chi connectivity index (χ2v) is 4.01. The van der Waals surface area contributed by atoms with E-state index in [0.717, 1.165) is 19.5 Å². The van der Waals surface area contributed by atoms with Gasteiger partial charge < -0.3 is 0 Å². The average Bonchev–Trinajstić information content (AvgIpc) is 2.67. The number of hydrogen-bond donors (Lipinski definition) is 1. The van der Waals surface area contributed by atoms with Crippen LogP contribution in [0.3, 0.4) is 0 Å². The Morgan fingerprint density at radius 1 is 1.40 bits per heavy atom. The summed E-state index contributed by atoms with van der Waals surface area (Å²) in [6, 6.07) is 10.5. The van der Waals surface area contributed by atoms with E-state index in [1.165, 1.54) is 5.56 Å². The lowest BCUT2D eigenvalue weighted by Gasteiger charge is -2.16. The van der Waals surface area contributed by atoms with Gasteiger partial charge in [-0.3, -0.25) is 10.2 Å². The molecule has 2 rings (SSSR count). The van der Waals surface area contributed by atoms with E-state index in [0.29, 0.717) is 5.92 Å². The first kappa shape index (κ1) is 10.2. The lowest BCUT2D eigenvalue weighted by Crippen LogP contribution is -2.38. The van der Waals surface area contributed by atoms with E-state index in [4.69, 9.17) is 0 Å². The number of carbonyl (C=O) groups excluding carboxylic acids is 1. The van der Waals surface area contributed by atoms with Crippen LogP contribution in [0.5, 0.6) is 0 Å². The first-order valence-corrected chi connectivity index (χ1v) is 5.33. The Hall–Kier alpha value is -1.35. The van der Waals surface area contributed by atoms with Crippen molar-refractivity contribution in [3.8, 4) is 0 Å². The lowest BCUT2D eigenvalue weighted by molar-refractivity contribution is -0.123. The minimum absolute atomic E-state index is 0.0173. The highest BCUT2D eigenvalue weighted by Crippen LogP contribution is 2.25. The molecule has 1 fully saturated rings. The third-order valence-corrected chi connectivity index (χ3v) is 2.77. The van der Waals surface area contributed by atoms with Gasteiger partial charge in [0.1, 0.15) is 0 Å². The summed E-state index contributed by atoms with van der Waals surface area (Å²) in [6.07, 6.45) is 1.12. The smallest absolute Gasteiger partial charge is 0.231 e. The zero-order valence-electron chi connectivity index (χ0n) is 8.94. The number of nitrogens with zero attached hydrogens (tertiary/aromatic N) is 1. The third-order valence-electron chi connectivity index (χ3n) is 2.77. The second-order valence-electron chi connectivity index (χ2n) is 4.01. The molecule has 1 unspecified atom stereocenters. The first-order chi connectivity index (χ1) is 7.25. The molecule has 0 aromatic heterocycles. The van der Waals surface area contributed by atoms with Gasteiger partial charge in [-0.1, -0.05) is 30.3 Å². The third kappa shape index (κ3) is 2.57. The molecule has 0 aliphatic carbocycles. The van der Waals surface area contributed by atoms with Gasteiger partial charge in [0, 0.05) is 20.0 Å². The quantitative estimate of drug-likeness (QED) is 0.792. The minimum Gasteiger partial charge on any atom is -0.289 e. The highest BCUT2D eigenvalue weighted by molar-refractivity contribution is 5.72. The maximum Gasteiger partial charge on any atom is 0.231 e. The van der Waals surface area contributed by atoms with Crippen LogP contribution >= 0.6 is 0 Å². The highest BCUT2D eigenvalue weighted by Gasteiger charge is 2.23. The molecular weight excluding hydrogens is 188 g/mol. The van der Waals surface area contributed by atoms with E-state index < -0.39 is 0 Å². The van der Waals surface area contributed by atoms with Crippen molar-refractivity contribution in [2.45, 2.75) is 19.3 Å². The van der Waals surface area contributed by atoms with Crippen LogP contribution in [0.1, 0.15) is 24.8 Å². The Morgan fingerprint density at radius 3 is 2.80 bits per heavy atom. The molecule has 3 nitrogen and oxygen atoms in total. The molecule has 1 amide bonds. The van der Waals surface area contributed by atoms with Crippen molar-refractivity contribution in [2.24, 2.45) is 0 Å². The van der Waals surface area contributed by atoms with E-state index in [1.54, 1.807) is 6.92 Å². The maximum absolute atomic E-state index is 10.9. The summed E-state index contributed by atoms with van der Waals surface area (Å²) in [5.41, 5.74) is 4.20. The van der Waals surface area contributed by atoms with Crippen LogP contribution in [0.15, 0.2) is 30.3 Å². The summed E-state index contributed by atoms with van der Waals surface area (Å²) in [7, 11) is 0. The largest absolute Gasteiger partial charge is 0.289 e. The van der Waals surface area contributed by atoms with E-state index in [-0.39, 0.29) is 5.91 Å². The van der Waals surface area contributed by atoms with Crippen molar-refractivity contribution in [3.05, 3.63) is 35.9 Å². The molecule has 1 heterocycles. The van der Waals surface area contributed by atoms with Crippen LogP contribution in [-0.4, -0.2) is 24.0 Å². The predicted octanol–water partition coefficient (Wildman–Crippen LogP) is 1.53. The average molecular weight is 204 g/mol. The molecular formula is C12H16N2O. The van der Waals surface area contributed by atoms with E-state index in [1.807, 2.05) is 11.1 Å². The fraction of sp³-hybridized carbons (Fsp3) is 0.417. The van der Waals surface area contributed by atoms with Crippen molar-refractivity contribution in [3.63, 3.8) is 0 Å². The van der Waals surface area contributed by atoms with E-state index >= 15 is 0 Å². The van der Waals surface area contributed by atoms with Gasteiger partial charge in [-0.15, -0.1) is 0 Å². The number of rotatable bonds is 2. The van der Waals surface area contributed by atoms with E-state index in [2.05, 4.69) is 29.7 Å². The van der Waals surface area contributed by atoms with Crippen molar-refractivity contribution in [1.82, 2.24) is 10.4 Å². The van der Waals surface area contributed by atoms with Gasteiger partial charge in [-0.25, -0.2) is 5.01 Å². The SMILES string of the molecule is CC(=O)NN1CCC(c2ccccc2)C1. The van der Waals surface area contributed by atoms with Gasteiger partial charge in [-0.05, 0) is 17.9 Å². The number of amides is 1. The Labute approximate surface area is 90.1 Å². The molecule has 80 valence electrons. The maximum atomic E-state index is 10.9. The first-order valence-electron chi connectivity index (χ1n) is 5.33. The molecule has 0 spiro atoms. The Kier molecular flexibility index (Phi) is 3.02. The zero-order valence-corrected chi connectivity index (χ0v) is 8.94. The van der Waals surface area contributed by atoms with Gasteiger partial charge >= 0.3 is 0 Å². The Bertz CT molecular complexity index is 337. The standard InChI is InChI=1S/C12H16N2O/c1-10(15)13-14-8-7-12(9-14)11-5-3-2-4-6-11/h2-6,12H,7-9H2,1H3,(H,13,15). The monoisotopic (exact) mass is 204 g/mol. The van der Waals surface area contributed by atoms with Crippen molar-refractivity contribution >= 4 is 5.91 Å². The predicted molar refractivity (Wildman–Crippen MR) is 59.2 cm³/mol. The van der Waals surface area contributed by atoms with E-state index in [9.17, 15) is 4.79 Å². The zero-order chi connectivity index (χ0) is 10.7. The van der Waals surface area contributed by atoms with Crippen LogP contribution < -0.4 is 5.43 Å². The van der Waals surface area contributed by atoms with Crippen LogP contribution in [0, 0.1) is 0 Å². The molecule has 1 atom stereocenters. The Morgan fingerprint density at radius 2 is 2.13 bits per heavy atom. The molecule has 1 saturated heterocycles. The summed E-state index contributed by atoms with van der Waals surface area (Å²) in [4.78, 5) is 10.9. The topological polar surface area (TPSA) is 32.3 Å². The molecule has 0 saturated carbocycles. The fourth-order valence-corrected chi connectivity index (χ4v) is 2.08. The summed E-state index contributed by atoms with van der Waals surface area (Å²) in [5, 5.41) is 2.00. The number of hydrogen-bond acceptors (Lipinski definition) is 2. The molecule has 15 heavy (non-hydrogen) atoms. The summed E-state index contributed by atoms with van der Waals surface area (Å²) >= 11 is 0. The number of benzene rings is 1. The molecule has 1 aliphatic heterocycles. The molecule has 1 aromatic carbocycles. The van der Waals surface area contributed by atoms with Crippen LogP contribution in [0.2, 0.25) is 0 Å². The fourth-order valence-electron chi connectivity index (χ4n) is 2.08. The normalized spacial score (nSPS) is 21.5. The molecule has 0 bridgehead atoms. The highest BCUT2D eigenvalue weighted by atomic mass is 16.2. The van der Waals surface area contributed by atoms with Gasteiger partial charge in [0.2, 0.25) is 5.91 Å². The van der Waals surface area contributed by atoms with Crippen LogP contribution in [-0.2, 0) is 4.79 Å². The van der Waals surface area contributed by atoms with Gasteiger partial charge in [-0.2, -0.15) is 0 Å². The summed E-state index contributed by atoms with van der Waals surface area (Å²) in [5.74, 6) is 0.571. The number of carbonyl (C=O) groups is 1. The molecule has 0 radical (unpaired) electrons. The van der Waals surface area contributed by atoms with Crippen LogP contribution in [0.25, 0.3) is 0 Å². The minimum atomic E-state index is 0.0173. The van der Waals surface area contributed by atoms with Gasteiger partial charge in [0.25, 0.3) is 0 Å². The summed E-state index contributed by atoms with van der Waals surface area (Å²) < 4.78 is 0. The van der Waals surface area contributed by atoms with Crippen molar-refractivity contribution < 1.29 is 4.79 Å². The number of hydrazine groups is 1. The lowest BCUT2D eigenvalue weighted by atomic mass is 9.99. The molecule has 1 aliphatic rings. The summed E-state index contributed by atoms with van der Waals surface area (Å²) in [6.45, 7) is 3.42. The van der Waals surface area contributed by atoms with Gasteiger partial charge in [0.15, 0.2) is 0 Å². The second kappa shape index (κ2) is 4.45. The Balaban J connectivity index is 1.96. The number of nitrogens with one attached hydrogen (secondary N) is 1. The molecule has 3 heteroatoms. The van der Waals surface area contributed by atoms with Gasteiger partial charge in [0.05, 0.1) is 0 Å². The molecule has 1 N–H and O–H groups in total. The molecule has 1 aromatic rings. The van der Waals surface area contributed by atoms with Crippen molar-refractivity contribution in [2.75, 3.05) is 13.1 Å².